The van der Waals surface area contributed by atoms with Gasteiger partial charge in [-0.05, 0) is 6.42 Å². The summed E-state index contributed by atoms with van der Waals surface area (Å²) < 4.78 is 0. The van der Waals surface area contributed by atoms with Gasteiger partial charge in [-0.25, -0.2) is 4.79 Å². The van der Waals surface area contributed by atoms with Gasteiger partial charge in [-0.2, -0.15) is 0 Å². The molecular formula is C5H9N2O2P. The molecule has 3 amide bonds. The molecule has 0 aromatic carbocycles. The van der Waals surface area contributed by atoms with Gasteiger partial charge in [-0.1, -0.05) is 16.2 Å². The number of carbonyl (C=O) groups excluding carboxylic acids is 2. The van der Waals surface area contributed by atoms with Gasteiger partial charge in [0.15, 0.2) is 0 Å². The number of hydrogen-bond donors (Lipinski definition) is 2. The summed E-state index contributed by atoms with van der Waals surface area (Å²) in [7, 11) is 2.33. The number of urea groups is 1. The molecule has 4 nitrogen and oxygen atoms in total. The van der Waals surface area contributed by atoms with Gasteiger partial charge >= 0.3 is 6.03 Å². The third kappa shape index (κ3) is 0.991. The smallest absolute Gasteiger partial charge is 0.320 e. The molecule has 0 aliphatic carbocycles. The minimum atomic E-state index is -0.767. The van der Waals surface area contributed by atoms with Crippen molar-refractivity contribution in [2.75, 3.05) is 0 Å². The lowest BCUT2D eigenvalue weighted by molar-refractivity contribution is -0.121. The standard InChI is InChI=1S/C5H9N2O2P/c1-2-5(10)3(8)6-4(9)7-5/h2,10H2,1H3,(H2,6,7,8,9). The molecule has 0 spiro atoms. The Morgan fingerprint density at radius 1 is 1.60 bits per heavy atom. The summed E-state index contributed by atoms with van der Waals surface area (Å²) in [6.07, 6.45) is 0.579. The highest BCUT2D eigenvalue weighted by atomic mass is 31.0. The third-order valence-electron chi connectivity index (χ3n) is 1.53. The molecule has 0 aromatic rings. The van der Waals surface area contributed by atoms with Gasteiger partial charge in [0.2, 0.25) is 0 Å². The lowest BCUT2D eigenvalue weighted by Crippen LogP contribution is -2.39. The zero-order valence-electron chi connectivity index (χ0n) is 5.60. The fourth-order valence-corrected chi connectivity index (χ4v) is 0.957. The summed E-state index contributed by atoms with van der Waals surface area (Å²) in [5.74, 6) is -0.273. The first kappa shape index (κ1) is 7.48. The predicted octanol–water partition coefficient (Wildman–Crippen LogP) is -0.193. The Morgan fingerprint density at radius 2 is 2.20 bits per heavy atom. The average molecular weight is 160 g/mol. The lowest BCUT2D eigenvalue weighted by atomic mass is 10.2. The number of nitrogens with one attached hydrogen (secondary N) is 2. The first-order valence-electron chi connectivity index (χ1n) is 3.01. The van der Waals surface area contributed by atoms with Crippen molar-refractivity contribution in [3.63, 3.8) is 0 Å². The van der Waals surface area contributed by atoms with Crippen molar-refractivity contribution in [1.29, 1.82) is 0 Å². The van der Waals surface area contributed by atoms with Crippen molar-refractivity contribution in [3.8, 4) is 0 Å². The maximum Gasteiger partial charge on any atom is 0.322 e. The molecule has 1 saturated heterocycles. The highest BCUT2D eigenvalue weighted by Crippen LogP contribution is 2.22. The molecular weight excluding hydrogens is 151 g/mol. The maximum atomic E-state index is 10.9. The second kappa shape index (κ2) is 2.20. The van der Waals surface area contributed by atoms with Gasteiger partial charge in [0.1, 0.15) is 5.28 Å². The number of hydrogen-bond acceptors (Lipinski definition) is 2. The van der Waals surface area contributed by atoms with E-state index < -0.39 is 11.3 Å². The quantitative estimate of drug-likeness (QED) is 0.412. The minimum absolute atomic E-state index is 0.273. The van der Waals surface area contributed by atoms with Gasteiger partial charge in [-0.3, -0.25) is 10.1 Å². The first-order valence-corrected chi connectivity index (χ1v) is 3.58. The summed E-state index contributed by atoms with van der Waals surface area (Å²) in [6, 6.07) is -0.415. The van der Waals surface area contributed by atoms with Crippen LogP contribution in [0.5, 0.6) is 0 Å². The van der Waals surface area contributed by atoms with E-state index >= 15 is 0 Å². The first-order chi connectivity index (χ1) is 4.58. The van der Waals surface area contributed by atoms with Crippen LogP contribution in [0.1, 0.15) is 13.3 Å². The van der Waals surface area contributed by atoms with Crippen LogP contribution in [0.15, 0.2) is 0 Å². The molecule has 1 aliphatic heterocycles. The van der Waals surface area contributed by atoms with E-state index in [2.05, 4.69) is 19.9 Å². The van der Waals surface area contributed by atoms with Gasteiger partial charge in [0, 0.05) is 0 Å². The molecule has 0 bridgehead atoms. The summed E-state index contributed by atoms with van der Waals surface area (Å²) in [6.45, 7) is 1.83. The van der Waals surface area contributed by atoms with Crippen molar-refractivity contribution >= 4 is 21.2 Å². The highest BCUT2D eigenvalue weighted by Gasteiger charge is 2.40. The fourth-order valence-electron chi connectivity index (χ4n) is 0.754. The van der Waals surface area contributed by atoms with Gasteiger partial charge in [0.05, 0.1) is 0 Å². The van der Waals surface area contributed by atoms with E-state index in [0.717, 1.165) is 0 Å². The number of imide groups is 1. The molecule has 56 valence electrons. The molecule has 1 rings (SSSR count). The van der Waals surface area contributed by atoms with Crippen LogP contribution in [-0.2, 0) is 4.79 Å². The Bertz CT molecular complexity index is 194. The monoisotopic (exact) mass is 160 g/mol. The maximum absolute atomic E-state index is 10.9. The van der Waals surface area contributed by atoms with E-state index in [1.54, 1.807) is 0 Å². The zero-order chi connectivity index (χ0) is 7.78. The fraction of sp³-hybridized carbons (Fsp3) is 0.600. The van der Waals surface area contributed by atoms with Crippen LogP contribution < -0.4 is 10.6 Å². The number of amides is 3. The third-order valence-corrected chi connectivity index (χ3v) is 2.34. The Kier molecular flexibility index (Phi) is 1.65. The molecule has 1 fully saturated rings. The zero-order valence-corrected chi connectivity index (χ0v) is 6.76. The van der Waals surface area contributed by atoms with Crippen LogP contribution in [-0.4, -0.2) is 17.2 Å². The molecule has 1 aliphatic rings. The van der Waals surface area contributed by atoms with Gasteiger partial charge in [0.25, 0.3) is 5.91 Å². The second-order valence-corrected chi connectivity index (χ2v) is 3.22. The average Bonchev–Trinajstić information content (AvgIpc) is 2.09. The summed E-state index contributed by atoms with van der Waals surface area (Å²) in [5, 5.41) is 3.87. The summed E-state index contributed by atoms with van der Waals surface area (Å²) in [4.78, 5) is 21.5. The molecule has 0 saturated carbocycles. The van der Waals surface area contributed by atoms with Gasteiger partial charge < -0.3 is 5.32 Å². The van der Waals surface area contributed by atoms with Crippen LogP contribution in [0.4, 0.5) is 4.79 Å². The van der Waals surface area contributed by atoms with Crippen molar-refractivity contribution in [2.24, 2.45) is 0 Å². The second-order valence-electron chi connectivity index (χ2n) is 2.23. The number of rotatable bonds is 1. The van der Waals surface area contributed by atoms with Crippen LogP contribution >= 0.6 is 9.24 Å². The molecule has 2 N–H and O–H groups in total. The van der Waals surface area contributed by atoms with Crippen LogP contribution in [0, 0.1) is 0 Å². The van der Waals surface area contributed by atoms with Crippen molar-refractivity contribution in [2.45, 2.75) is 18.6 Å². The Balaban J connectivity index is 2.80. The van der Waals surface area contributed by atoms with E-state index in [1.807, 2.05) is 6.92 Å². The van der Waals surface area contributed by atoms with E-state index in [4.69, 9.17) is 0 Å². The van der Waals surface area contributed by atoms with Crippen LogP contribution in [0.25, 0.3) is 0 Å². The van der Waals surface area contributed by atoms with Crippen LogP contribution in [0.2, 0.25) is 0 Å². The Morgan fingerprint density at radius 3 is 2.40 bits per heavy atom. The van der Waals surface area contributed by atoms with Crippen molar-refractivity contribution < 1.29 is 9.59 Å². The van der Waals surface area contributed by atoms with Crippen molar-refractivity contribution in [3.05, 3.63) is 0 Å². The SMILES string of the molecule is CCC1(P)NC(=O)NC1=O. The molecule has 2 unspecified atom stereocenters. The predicted molar refractivity (Wildman–Crippen MR) is 39.4 cm³/mol. The highest BCUT2D eigenvalue weighted by molar-refractivity contribution is 7.21. The number of carbonyl (C=O) groups is 2. The van der Waals surface area contributed by atoms with E-state index in [-0.39, 0.29) is 5.91 Å². The minimum Gasteiger partial charge on any atom is -0.320 e. The summed E-state index contributed by atoms with van der Waals surface area (Å²) >= 11 is 0. The molecule has 5 heteroatoms. The molecule has 1 heterocycles. The van der Waals surface area contributed by atoms with E-state index in [1.165, 1.54) is 0 Å². The van der Waals surface area contributed by atoms with E-state index in [0.29, 0.717) is 6.42 Å². The van der Waals surface area contributed by atoms with Crippen molar-refractivity contribution in [1.82, 2.24) is 10.6 Å². The van der Waals surface area contributed by atoms with E-state index in [9.17, 15) is 9.59 Å². The topological polar surface area (TPSA) is 58.2 Å². The Labute approximate surface area is 60.9 Å². The normalized spacial score (nSPS) is 31.8. The molecule has 2 atom stereocenters. The largest absolute Gasteiger partial charge is 0.322 e. The molecule has 0 aromatic heterocycles. The molecule has 0 radical (unpaired) electrons. The van der Waals surface area contributed by atoms with Crippen LogP contribution in [0.3, 0.4) is 0 Å². The van der Waals surface area contributed by atoms with Gasteiger partial charge in [-0.15, -0.1) is 0 Å². The Hall–Kier alpha value is -0.630. The molecule has 10 heavy (non-hydrogen) atoms. The summed E-state index contributed by atoms with van der Waals surface area (Å²) in [5.41, 5.74) is 0. The lowest BCUT2D eigenvalue weighted by Gasteiger charge is -2.16.